The molecule has 0 aliphatic rings. The van der Waals surface area contributed by atoms with Gasteiger partial charge in [-0.2, -0.15) is 0 Å². The number of benzene rings is 2. The number of halogens is 2. The van der Waals surface area contributed by atoms with Crippen LogP contribution in [0.2, 0.25) is 5.02 Å². The summed E-state index contributed by atoms with van der Waals surface area (Å²) in [6.07, 6.45) is 2.30. The maximum atomic E-state index is 14.3. The van der Waals surface area contributed by atoms with E-state index in [1.807, 2.05) is 20.8 Å². The highest BCUT2D eigenvalue weighted by Gasteiger charge is 2.29. The van der Waals surface area contributed by atoms with E-state index in [9.17, 15) is 22.4 Å². The lowest BCUT2D eigenvalue weighted by Crippen LogP contribution is -2.50. The monoisotopic (exact) mass is 539 g/mol. The van der Waals surface area contributed by atoms with Crippen LogP contribution >= 0.6 is 11.6 Å². The number of amides is 2. The summed E-state index contributed by atoms with van der Waals surface area (Å²) in [7, 11) is -3.77. The molecule has 0 aromatic heterocycles. The summed E-state index contributed by atoms with van der Waals surface area (Å²) in [6.45, 7) is 5.83. The molecule has 0 unspecified atom stereocenters. The van der Waals surface area contributed by atoms with Gasteiger partial charge in [-0.3, -0.25) is 13.9 Å². The standard InChI is InChI=1S/C26H35ClFN3O4S/c1-5-19(3)29-26(33)23(6-2)30(18-20-13-15-21(27)16-14-20)25(32)12-9-17-31(36(4,34)35)24-11-8-7-10-22(24)28/h7-8,10-11,13-16,19,23H,5-6,9,12,17-18H2,1-4H3,(H,29,33)/t19-,23+/m1/s1. The topological polar surface area (TPSA) is 86.8 Å². The molecule has 0 aliphatic carbocycles. The van der Waals surface area contributed by atoms with E-state index in [-0.39, 0.29) is 49.5 Å². The van der Waals surface area contributed by atoms with Crippen LogP contribution in [0.15, 0.2) is 48.5 Å². The molecule has 0 aliphatic heterocycles. The molecule has 0 radical (unpaired) electrons. The van der Waals surface area contributed by atoms with Crippen LogP contribution in [0.25, 0.3) is 0 Å². The molecule has 0 heterocycles. The predicted octanol–water partition coefficient (Wildman–Crippen LogP) is 4.75. The van der Waals surface area contributed by atoms with Crippen LogP contribution in [-0.4, -0.2) is 50.0 Å². The molecule has 7 nitrogen and oxygen atoms in total. The minimum atomic E-state index is -3.77. The van der Waals surface area contributed by atoms with Gasteiger partial charge in [-0.15, -0.1) is 0 Å². The van der Waals surface area contributed by atoms with Gasteiger partial charge in [-0.05, 0) is 56.0 Å². The molecule has 0 saturated heterocycles. The van der Waals surface area contributed by atoms with Crippen molar-refractivity contribution in [2.45, 2.75) is 65.1 Å². The van der Waals surface area contributed by atoms with E-state index >= 15 is 0 Å². The lowest BCUT2D eigenvalue weighted by Gasteiger charge is -2.32. The molecule has 0 saturated carbocycles. The summed E-state index contributed by atoms with van der Waals surface area (Å²) in [5.74, 6) is -1.19. The lowest BCUT2D eigenvalue weighted by atomic mass is 10.1. The average molecular weight is 540 g/mol. The third-order valence-electron chi connectivity index (χ3n) is 5.93. The first kappa shape index (κ1) is 29.6. The molecular weight excluding hydrogens is 505 g/mol. The molecule has 2 aromatic carbocycles. The van der Waals surface area contributed by atoms with Gasteiger partial charge in [0.05, 0.1) is 11.9 Å². The third kappa shape index (κ3) is 8.48. The maximum Gasteiger partial charge on any atom is 0.243 e. The van der Waals surface area contributed by atoms with Gasteiger partial charge in [0.2, 0.25) is 21.8 Å². The third-order valence-corrected chi connectivity index (χ3v) is 7.36. The van der Waals surface area contributed by atoms with E-state index in [2.05, 4.69) is 5.32 Å². The van der Waals surface area contributed by atoms with E-state index in [0.717, 1.165) is 22.5 Å². The van der Waals surface area contributed by atoms with E-state index in [0.29, 0.717) is 11.4 Å². The van der Waals surface area contributed by atoms with Gasteiger partial charge in [0.1, 0.15) is 11.9 Å². The fourth-order valence-corrected chi connectivity index (χ4v) is 4.88. The molecule has 2 atom stereocenters. The van der Waals surface area contributed by atoms with Crippen molar-refractivity contribution in [3.8, 4) is 0 Å². The first-order valence-corrected chi connectivity index (χ1v) is 14.3. The number of rotatable bonds is 13. The van der Waals surface area contributed by atoms with Gasteiger partial charge < -0.3 is 10.2 Å². The van der Waals surface area contributed by atoms with Gasteiger partial charge in [-0.1, -0.05) is 49.7 Å². The van der Waals surface area contributed by atoms with Gasteiger partial charge in [0, 0.05) is 30.6 Å². The van der Waals surface area contributed by atoms with E-state index in [4.69, 9.17) is 11.6 Å². The first-order chi connectivity index (χ1) is 17.0. The Kier molecular flexibility index (Phi) is 11.2. The Morgan fingerprint density at radius 2 is 1.69 bits per heavy atom. The summed E-state index contributed by atoms with van der Waals surface area (Å²) in [5, 5.41) is 3.51. The minimum Gasteiger partial charge on any atom is -0.352 e. The van der Waals surface area contributed by atoms with Crippen molar-refractivity contribution < 1.29 is 22.4 Å². The molecule has 0 fully saturated rings. The highest BCUT2D eigenvalue weighted by molar-refractivity contribution is 7.92. The first-order valence-electron chi connectivity index (χ1n) is 12.0. The second-order valence-electron chi connectivity index (χ2n) is 8.78. The van der Waals surface area contributed by atoms with Crippen LogP contribution in [0.4, 0.5) is 10.1 Å². The Morgan fingerprint density at radius 1 is 1.06 bits per heavy atom. The Labute approximate surface area is 218 Å². The maximum absolute atomic E-state index is 14.3. The number of para-hydroxylation sites is 1. The number of hydrogen-bond donors (Lipinski definition) is 1. The van der Waals surface area contributed by atoms with Crippen LogP contribution in [-0.2, 0) is 26.2 Å². The Hall–Kier alpha value is -2.65. The van der Waals surface area contributed by atoms with Crippen molar-refractivity contribution in [2.75, 3.05) is 17.1 Å². The fourth-order valence-electron chi connectivity index (χ4n) is 3.78. The van der Waals surface area contributed by atoms with E-state index in [1.165, 1.54) is 23.1 Å². The second kappa shape index (κ2) is 13.6. The SMILES string of the molecule is CC[C@@H](C)NC(=O)[C@H](CC)N(Cc1ccc(Cl)cc1)C(=O)CCCN(c1ccccc1F)S(C)(=O)=O. The van der Waals surface area contributed by atoms with E-state index in [1.54, 1.807) is 30.3 Å². The molecule has 1 N–H and O–H groups in total. The van der Waals surface area contributed by atoms with Crippen molar-refractivity contribution in [1.82, 2.24) is 10.2 Å². The number of carbonyl (C=O) groups excluding carboxylic acids is 2. The highest BCUT2D eigenvalue weighted by Crippen LogP contribution is 2.23. The molecule has 2 amide bonds. The van der Waals surface area contributed by atoms with E-state index < -0.39 is 21.9 Å². The normalized spacial score (nSPS) is 13.1. The zero-order valence-corrected chi connectivity index (χ0v) is 22.8. The van der Waals surface area contributed by atoms with Crippen LogP contribution in [0.3, 0.4) is 0 Å². The molecule has 198 valence electrons. The van der Waals surface area contributed by atoms with Crippen molar-refractivity contribution in [3.63, 3.8) is 0 Å². The average Bonchev–Trinajstić information content (AvgIpc) is 2.82. The lowest BCUT2D eigenvalue weighted by molar-refractivity contribution is -0.141. The second-order valence-corrected chi connectivity index (χ2v) is 11.1. The molecule has 36 heavy (non-hydrogen) atoms. The number of carbonyl (C=O) groups is 2. The smallest absolute Gasteiger partial charge is 0.243 e. The molecular formula is C26H35ClFN3O4S. The predicted molar refractivity (Wildman–Crippen MR) is 142 cm³/mol. The molecule has 0 spiro atoms. The van der Waals surface area contributed by atoms with Gasteiger partial charge >= 0.3 is 0 Å². The quantitative estimate of drug-likeness (QED) is 0.398. The van der Waals surface area contributed by atoms with Crippen molar-refractivity contribution in [2.24, 2.45) is 0 Å². The van der Waals surface area contributed by atoms with Crippen molar-refractivity contribution in [1.29, 1.82) is 0 Å². The number of hydrogen-bond acceptors (Lipinski definition) is 4. The van der Waals surface area contributed by atoms with Crippen LogP contribution < -0.4 is 9.62 Å². The number of nitrogens with zero attached hydrogens (tertiary/aromatic N) is 2. The van der Waals surface area contributed by atoms with Crippen molar-refractivity contribution >= 4 is 39.1 Å². The summed E-state index contributed by atoms with van der Waals surface area (Å²) in [5.41, 5.74) is 0.747. The number of nitrogens with one attached hydrogen (secondary N) is 1. The number of sulfonamides is 1. The molecule has 2 rings (SSSR count). The Morgan fingerprint density at radius 3 is 2.25 bits per heavy atom. The Balaban J connectivity index is 2.23. The highest BCUT2D eigenvalue weighted by atomic mass is 35.5. The zero-order chi connectivity index (χ0) is 26.9. The van der Waals surface area contributed by atoms with Gasteiger partial charge in [0.15, 0.2) is 0 Å². The van der Waals surface area contributed by atoms with Gasteiger partial charge in [-0.25, -0.2) is 12.8 Å². The summed E-state index contributed by atoms with van der Waals surface area (Å²) in [6, 6.07) is 11.9. The largest absolute Gasteiger partial charge is 0.352 e. The van der Waals surface area contributed by atoms with Crippen LogP contribution in [0, 0.1) is 5.82 Å². The Bertz CT molecular complexity index is 1130. The zero-order valence-electron chi connectivity index (χ0n) is 21.2. The minimum absolute atomic E-state index is 0.0127. The number of anilines is 1. The summed E-state index contributed by atoms with van der Waals surface area (Å²) in [4.78, 5) is 27.9. The van der Waals surface area contributed by atoms with Crippen LogP contribution in [0.1, 0.15) is 52.0 Å². The molecule has 10 heteroatoms. The molecule has 0 bridgehead atoms. The summed E-state index contributed by atoms with van der Waals surface area (Å²) >= 11 is 6.00. The fraction of sp³-hybridized carbons (Fsp3) is 0.462. The van der Waals surface area contributed by atoms with Gasteiger partial charge in [0.25, 0.3) is 0 Å². The summed E-state index contributed by atoms with van der Waals surface area (Å²) < 4.78 is 39.9. The van der Waals surface area contributed by atoms with Crippen LogP contribution in [0.5, 0.6) is 0 Å². The van der Waals surface area contributed by atoms with Crippen molar-refractivity contribution in [3.05, 3.63) is 64.9 Å². The molecule has 2 aromatic rings.